The molecule has 0 spiro atoms. The summed E-state index contributed by atoms with van der Waals surface area (Å²) in [7, 11) is 0. The predicted octanol–water partition coefficient (Wildman–Crippen LogP) is 1.86. The van der Waals surface area contributed by atoms with Crippen molar-refractivity contribution >= 4 is 23.0 Å². The molecule has 5 heteroatoms. The molecular weight excluding hydrogens is 234 g/mol. The Morgan fingerprint density at radius 1 is 1.65 bits per heavy atom. The van der Waals surface area contributed by atoms with Gasteiger partial charge in [0.05, 0.1) is 12.2 Å². The van der Waals surface area contributed by atoms with Gasteiger partial charge in [-0.05, 0) is 32.4 Å². The van der Waals surface area contributed by atoms with E-state index in [1.54, 1.807) is 6.20 Å². The van der Waals surface area contributed by atoms with E-state index in [-0.39, 0.29) is 6.04 Å². The molecule has 1 aromatic rings. The van der Waals surface area contributed by atoms with Crippen molar-refractivity contribution in [1.82, 2.24) is 4.98 Å². The number of hydrogen-bond acceptors (Lipinski definition) is 4. The molecular formula is C12H19N3OS. The number of thiocarbonyl (C=S) groups is 1. The molecule has 1 atom stereocenters. The van der Waals surface area contributed by atoms with Gasteiger partial charge in [-0.1, -0.05) is 12.2 Å². The summed E-state index contributed by atoms with van der Waals surface area (Å²) in [5, 5.41) is 3.26. The van der Waals surface area contributed by atoms with Crippen LogP contribution in [-0.2, 0) is 4.74 Å². The minimum atomic E-state index is 0.164. The van der Waals surface area contributed by atoms with Crippen molar-refractivity contribution in [3.63, 3.8) is 0 Å². The molecule has 1 rings (SSSR count). The molecule has 0 aliphatic heterocycles. The average molecular weight is 253 g/mol. The zero-order valence-corrected chi connectivity index (χ0v) is 11.3. The summed E-state index contributed by atoms with van der Waals surface area (Å²) in [5.41, 5.74) is 7.55. The van der Waals surface area contributed by atoms with E-state index < -0.39 is 0 Å². The number of nitrogens with one attached hydrogen (secondary N) is 1. The lowest BCUT2D eigenvalue weighted by molar-refractivity contribution is 0.141. The van der Waals surface area contributed by atoms with Gasteiger partial charge in [-0.3, -0.25) is 0 Å². The Morgan fingerprint density at radius 3 is 2.94 bits per heavy atom. The first-order valence-electron chi connectivity index (χ1n) is 5.66. The highest BCUT2D eigenvalue weighted by atomic mass is 32.1. The smallest absolute Gasteiger partial charge is 0.136 e. The number of rotatable bonds is 6. The second-order valence-corrected chi connectivity index (χ2v) is 4.36. The topological polar surface area (TPSA) is 60.2 Å². The largest absolute Gasteiger partial charge is 0.389 e. The van der Waals surface area contributed by atoms with E-state index in [4.69, 9.17) is 22.7 Å². The fourth-order valence-electron chi connectivity index (χ4n) is 1.55. The Hall–Kier alpha value is -1.20. The lowest BCUT2D eigenvalue weighted by atomic mass is 10.1. The maximum atomic E-state index is 5.71. The van der Waals surface area contributed by atoms with Gasteiger partial charge in [0.25, 0.3) is 0 Å². The molecule has 0 aliphatic carbocycles. The van der Waals surface area contributed by atoms with Crippen LogP contribution in [0.25, 0.3) is 0 Å². The van der Waals surface area contributed by atoms with E-state index >= 15 is 0 Å². The Balaban J connectivity index is 2.83. The van der Waals surface area contributed by atoms with Crippen molar-refractivity contribution < 1.29 is 4.74 Å². The molecule has 0 bridgehead atoms. The summed E-state index contributed by atoms with van der Waals surface area (Å²) in [4.78, 5) is 4.64. The van der Waals surface area contributed by atoms with Gasteiger partial charge in [0.1, 0.15) is 10.8 Å². The molecule has 3 N–H and O–H groups in total. The minimum Gasteiger partial charge on any atom is -0.389 e. The fraction of sp³-hybridized carbons (Fsp3) is 0.500. The van der Waals surface area contributed by atoms with Gasteiger partial charge in [0.2, 0.25) is 0 Å². The SMILES string of the molecule is CCOCC(C)Nc1nccc(C)c1C(N)=S. The van der Waals surface area contributed by atoms with Gasteiger partial charge < -0.3 is 15.8 Å². The van der Waals surface area contributed by atoms with E-state index in [1.807, 2.05) is 26.8 Å². The number of anilines is 1. The van der Waals surface area contributed by atoms with Crippen molar-refractivity contribution in [3.8, 4) is 0 Å². The molecule has 1 aromatic heterocycles. The maximum absolute atomic E-state index is 5.71. The monoisotopic (exact) mass is 253 g/mol. The minimum absolute atomic E-state index is 0.164. The summed E-state index contributed by atoms with van der Waals surface area (Å²) < 4.78 is 5.34. The molecule has 1 heterocycles. The van der Waals surface area contributed by atoms with Crippen LogP contribution in [0.5, 0.6) is 0 Å². The van der Waals surface area contributed by atoms with E-state index in [1.165, 1.54) is 0 Å². The van der Waals surface area contributed by atoms with Crippen LogP contribution in [0.1, 0.15) is 25.0 Å². The molecule has 0 amide bonds. The number of hydrogen-bond donors (Lipinski definition) is 2. The van der Waals surface area contributed by atoms with Crippen molar-refractivity contribution in [1.29, 1.82) is 0 Å². The number of nitrogens with two attached hydrogens (primary N) is 1. The molecule has 0 aliphatic rings. The molecule has 0 fully saturated rings. The Bertz CT molecular complexity index is 395. The van der Waals surface area contributed by atoms with E-state index in [0.29, 0.717) is 18.2 Å². The molecule has 0 saturated carbocycles. The number of ether oxygens (including phenoxy) is 1. The number of aryl methyl sites for hydroxylation is 1. The summed E-state index contributed by atoms with van der Waals surface area (Å²) >= 11 is 5.04. The van der Waals surface area contributed by atoms with Crippen LogP contribution in [0.15, 0.2) is 12.3 Å². The van der Waals surface area contributed by atoms with Crippen molar-refractivity contribution in [3.05, 3.63) is 23.4 Å². The van der Waals surface area contributed by atoms with Gasteiger partial charge in [-0.25, -0.2) is 4.98 Å². The van der Waals surface area contributed by atoms with Crippen molar-refractivity contribution in [2.24, 2.45) is 5.73 Å². The summed E-state index contributed by atoms with van der Waals surface area (Å²) in [6.45, 7) is 7.30. The first-order valence-corrected chi connectivity index (χ1v) is 6.06. The van der Waals surface area contributed by atoms with E-state index in [0.717, 1.165) is 16.9 Å². The molecule has 1 unspecified atom stereocenters. The highest BCUT2D eigenvalue weighted by Crippen LogP contribution is 2.17. The van der Waals surface area contributed by atoms with Crippen LogP contribution in [0.4, 0.5) is 5.82 Å². The average Bonchev–Trinajstić information content (AvgIpc) is 2.25. The Kier molecular flexibility index (Phi) is 5.31. The Labute approximate surface area is 108 Å². The van der Waals surface area contributed by atoms with Gasteiger partial charge in [-0.2, -0.15) is 0 Å². The van der Waals surface area contributed by atoms with Crippen LogP contribution in [0.3, 0.4) is 0 Å². The van der Waals surface area contributed by atoms with Gasteiger partial charge in [0.15, 0.2) is 0 Å². The van der Waals surface area contributed by atoms with Crippen LogP contribution in [0, 0.1) is 6.92 Å². The molecule has 17 heavy (non-hydrogen) atoms. The summed E-state index contributed by atoms with van der Waals surface area (Å²) in [6.07, 6.45) is 1.74. The van der Waals surface area contributed by atoms with Gasteiger partial charge >= 0.3 is 0 Å². The summed E-state index contributed by atoms with van der Waals surface area (Å²) in [5.74, 6) is 0.727. The third kappa shape index (κ3) is 3.94. The number of nitrogens with zero attached hydrogens (tertiary/aromatic N) is 1. The summed E-state index contributed by atoms with van der Waals surface area (Å²) in [6, 6.07) is 2.06. The lowest BCUT2D eigenvalue weighted by Crippen LogP contribution is -2.25. The van der Waals surface area contributed by atoms with Crippen molar-refractivity contribution in [2.45, 2.75) is 26.8 Å². The quantitative estimate of drug-likeness (QED) is 0.758. The van der Waals surface area contributed by atoms with Gasteiger partial charge in [0, 0.05) is 18.8 Å². The van der Waals surface area contributed by atoms with Crippen LogP contribution in [0.2, 0.25) is 0 Å². The molecule has 94 valence electrons. The predicted molar refractivity (Wildman–Crippen MR) is 74.4 cm³/mol. The third-order valence-corrected chi connectivity index (χ3v) is 2.56. The van der Waals surface area contributed by atoms with Crippen LogP contribution >= 0.6 is 12.2 Å². The number of aromatic nitrogens is 1. The second kappa shape index (κ2) is 6.51. The second-order valence-electron chi connectivity index (χ2n) is 3.92. The zero-order chi connectivity index (χ0) is 12.8. The maximum Gasteiger partial charge on any atom is 0.136 e. The third-order valence-electron chi connectivity index (χ3n) is 2.36. The van der Waals surface area contributed by atoms with Crippen LogP contribution in [-0.4, -0.2) is 29.2 Å². The van der Waals surface area contributed by atoms with Crippen molar-refractivity contribution in [2.75, 3.05) is 18.5 Å². The van der Waals surface area contributed by atoms with E-state index in [9.17, 15) is 0 Å². The number of pyridine rings is 1. The molecule has 0 aromatic carbocycles. The zero-order valence-electron chi connectivity index (χ0n) is 10.5. The standard InChI is InChI=1S/C12H19N3OS/c1-4-16-7-9(3)15-12-10(11(13)17)8(2)5-6-14-12/h5-6,9H,4,7H2,1-3H3,(H2,13,17)(H,14,15). The Morgan fingerprint density at radius 2 is 2.35 bits per heavy atom. The first-order chi connectivity index (χ1) is 8.06. The highest BCUT2D eigenvalue weighted by molar-refractivity contribution is 7.80. The lowest BCUT2D eigenvalue weighted by Gasteiger charge is -2.17. The molecule has 0 saturated heterocycles. The van der Waals surface area contributed by atoms with Gasteiger partial charge in [-0.15, -0.1) is 0 Å². The van der Waals surface area contributed by atoms with Crippen LogP contribution < -0.4 is 11.1 Å². The fourth-order valence-corrected chi connectivity index (χ4v) is 1.81. The first kappa shape index (κ1) is 13.9. The normalized spacial score (nSPS) is 12.2. The van der Waals surface area contributed by atoms with E-state index in [2.05, 4.69) is 10.3 Å². The molecule has 4 nitrogen and oxygen atoms in total. The molecule has 0 radical (unpaired) electrons. The highest BCUT2D eigenvalue weighted by Gasteiger charge is 2.11.